The molecule has 0 saturated carbocycles. The maximum Gasteiger partial charge on any atom is 0.268 e. The molecule has 0 aliphatic heterocycles. The number of carbonyl (C=O) groups excluding carboxylic acids is 1. The zero-order valence-corrected chi connectivity index (χ0v) is 18.5. The van der Waals surface area contributed by atoms with Gasteiger partial charge in [0.15, 0.2) is 5.13 Å². The van der Waals surface area contributed by atoms with Gasteiger partial charge in [-0.3, -0.25) is 10.1 Å². The van der Waals surface area contributed by atoms with Gasteiger partial charge in [0.25, 0.3) is 5.91 Å². The lowest BCUT2D eigenvalue weighted by Crippen LogP contribution is -2.13. The lowest BCUT2D eigenvalue weighted by Gasteiger charge is -2.05. The van der Waals surface area contributed by atoms with E-state index in [9.17, 15) is 10.1 Å². The van der Waals surface area contributed by atoms with Crippen LogP contribution < -0.4 is 14.8 Å². The summed E-state index contributed by atoms with van der Waals surface area (Å²) in [5, 5.41) is 14.4. The number of ether oxygens (including phenoxy) is 2. The number of benzene rings is 3. The number of thiazole rings is 1. The SMILES string of the molecule is COc1ccc(C=C(C#N)C(=O)Nc2nc(-c3ccc(Oc4ccccc4)cc3)cs2)cc1. The Kier molecular flexibility index (Phi) is 6.78. The molecule has 0 radical (unpaired) electrons. The molecule has 0 aliphatic carbocycles. The molecular weight excluding hydrogens is 434 g/mol. The molecule has 162 valence electrons. The Labute approximate surface area is 195 Å². The van der Waals surface area contributed by atoms with Crippen molar-refractivity contribution in [1.29, 1.82) is 5.26 Å². The average Bonchev–Trinajstić information content (AvgIpc) is 3.32. The van der Waals surface area contributed by atoms with E-state index in [0.29, 0.717) is 10.9 Å². The Bertz CT molecular complexity index is 1310. The number of methoxy groups -OCH3 is 1. The Morgan fingerprint density at radius 1 is 0.970 bits per heavy atom. The third-order valence-corrected chi connectivity index (χ3v) is 5.40. The molecule has 4 rings (SSSR count). The third-order valence-electron chi connectivity index (χ3n) is 4.65. The van der Waals surface area contributed by atoms with E-state index in [1.54, 1.807) is 31.4 Å². The number of nitrogens with one attached hydrogen (secondary N) is 1. The summed E-state index contributed by atoms with van der Waals surface area (Å²) in [6.07, 6.45) is 1.52. The minimum absolute atomic E-state index is 0.0145. The van der Waals surface area contributed by atoms with Crippen LogP contribution in [0.1, 0.15) is 5.56 Å². The highest BCUT2D eigenvalue weighted by molar-refractivity contribution is 7.14. The van der Waals surface area contributed by atoms with Crippen LogP contribution in [-0.2, 0) is 4.79 Å². The summed E-state index contributed by atoms with van der Waals surface area (Å²) in [7, 11) is 1.58. The minimum Gasteiger partial charge on any atom is -0.497 e. The predicted molar refractivity (Wildman–Crippen MR) is 129 cm³/mol. The van der Waals surface area contributed by atoms with E-state index in [-0.39, 0.29) is 5.57 Å². The average molecular weight is 454 g/mol. The fraction of sp³-hybridized carbons (Fsp3) is 0.0385. The Morgan fingerprint density at radius 3 is 2.30 bits per heavy atom. The van der Waals surface area contributed by atoms with E-state index >= 15 is 0 Å². The van der Waals surface area contributed by atoms with Crippen molar-refractivity contribution in [3.05, 3.63) is 95.4 Å². The van der Waals surface area contributed by atoms with Gasteiger partial charge in [-0.05, 0) is 60.2 Å². The summed E-state index contributed by atoms with van der Waals surface area (Å²) in [6.45, 7) is 0. The minimum atomic E-state index is -0.513. The van der Waals surface area contributed by atoms with Crippen molar-refractivity contribution in [3.63, 3.8) is 0 Å². The van der Waals surface area contributed by atoms with Crippen molar-refractivity contribution < 1.29 is 14.3 Å². The van der Waals surface area contributed by atoms with Crippen LogP contribution in [-0.4, -0.2) is 18.0 Å². The number of hydrogen-bond donors (Lipinski definition) is 1. The van der Waals surface area contributed by atoms with Crippen molar-refractivity contribution in [2.24, 2.45) is 0 Å². The van der Waals surface area contributed by atoms with Crippen LogP contribution in [0.25, 0.3) is 17.3 Å². The van der Waals surface area contributed by atoms with E-state index in [1.807, 2.05) is 66.0 Å². The van der Waals surface area contributed by atoms with Crippen LogP contribution in [0.5, 0.6) is 17.2 Å². The monoisotopic (exact) mass is 453 g/mol. The molecule has 0 aliphatic rings. The number of aromatic nitrogens is 1. The largest absolute Gasteiger partial charge is 0.497 e. The van der Waals surface area contributed by atoms with Gasteiger partial charge in [0, 0.05) is 10.9 Å². The molecule has 3 aromatic carbocycles. The number of hydrogen-bond acceptors (Lipinski definition) is 6. The van der Waals surface area contributed by atoms with Gasteiger partial charge in [-0.1, -0.05) is 30.3 Å². The Hall–Kier alpha value is -4.41. The molecule has 1 amide bonds. The predicted octanol–water partition coefficient (Wildman–Crippen LogP) is 6.16. The second-order valence-corrected chi connectivity index (χ2v) is 7.73. The van der Waals surface area contributed by atoms with Gasteiger partial charge >= 0.3 is 0 Å². The number of amides is 1. The van der Waals surface area contributed by atoms with Gasteiger partial charge in [-0.25, -0.2) is 4.98 Å². The summed E-state index contributed by atoms with van der Waals surface area (Å²) < 4.78 is 10.9. The normalized spacial score (nSPS) is 10.8. The lowest BCUT2D eigenvalue weighted by atomic mass is 10.1. The molecule has 0 unspecified atom stereocenters. The molecule has 6 nitrogen and oxygen atoms in total. The highest BCUT2D eigenvalue weighted by Gasteiger charge is 2.13. The molecule has 0 spiro atoms. The zero-order chi connectivity index (χ0) is 23.0. The molecular formula is C26H19N3O3S. The molecule has 0 saturated heterocycles. The third kappa shape index (κ3) is 5.64. The van der Waals surface area contributed by atoms with Crippen molar-refractivity contribution in [2.45, 2.75) is 0 Å². The van der Waals surface area contributed by atoms with Gasteiger partial charge in [-0.2, -0.15) is 5.26 Å². The van der Waals surface area contributed by atoms with Crippen LogP contribution in [0.15, 0.2) is 89.8 Å². The van der Waals surface area contributed by atoms with Gasteiger partial charge in [0.2, 0.25) is 0 Å². The van der Waals surface area contributed by atoms with Crippen LogP contribution in [0.3, 0.4) is 0 Å². The second kappa shape index (κ2) is 10.3. The summed E-state index contributed by atoms with van der Waals surface area (Å²) in [5.41, 5.74) is 2.32. The molecule has 7 heteroatoms. The van der Waals surface area contributed by atoms with E-state index in [4.69, 9.17) is 9.47 Å². The highest BCUT2D eigenvalue weighted by atomic mass is 32.1. The Morgan fingerprint density at radius 2 is 1.64 bits per heavy atom. The van der Waals surface area contributed by atoms with Crippen molar-refractivity contribution in [3.8, 4) is 34.6 Å². The van der Waals surface area contributed by atoms with E-state index in [0.717, 1.165) is 28.3 Å². The number of anilines is 1. The highest BCUT2D eigenvalue weighted by Crippen LogP contribution is 2.28. The maximum atomic E-state index is 12.6. The number of carbonyl (C=O) groups is 1. The molecule has 0 bridgehead atoms. The van der Waals surface area contributed by atoms with Gasteiger partial charge in [-0.15, -0.1) is 11.3 Å². The first-order chi connectivity index (χ1) is 16.1. The topological polar surface area (TPSA) is 84.2 Å². The zero-order valence-electron chi connectivity index (χ0n) is 17.7. The van der Waals surface area contributed by atoms with Crippen molar-refractivity contribution in [2.75, 3.05) is 12.4 Å². The number of para-hydroxylation sites is 1. The number of nitriles is 1. The van der Waals surface area contributed by atoms with Crippen LogP contribution in [0.2, 0.25) is 0 Å². The molecule has 1 aromatic heterocycles. The second-order valence-electron chi connectivity index (χ2n) is 6.87. The first-order valence-corrected chi connectivity index (χ1v) is 10.9. The maximum absolute atomic E-state index is 12.6. The van der Waals surface area contributed by atoms with Crippen LogP contribution >= 0.6 is 11.3 Å². The quantitative estimate of drug-likeness (QED) is 0.268. The molecule has 33 heavy (non-hydrogen) atoms. The molecule has 1 N–H and O–H groups in total. The summed E-state index contributed by atoms with van der Waals surface area (Å²) in [6, 6.07) is 26.1. The van der Waals surface area contributed by atoms with Gasteiger partial charge in [0.1, 0.15) is 28.9 Å². The molecule has 4 aromatic rings. The van der Waals surface area contributed by atoms with Gasteiger partial charge in [0.05, 0.1) is 12.8 Å². The Balaban J connectivity index is 1.42. The van der Waals surface area contributed by atoms with Crippen LogP contribution in [0.4, 0.5) is 5.13 Å². The van der Waals surface area contributed by atoms with E-state index in [1.165, 1.54) is 17.4 Å². The van der Waals surface area contributed by atoms with Crippen LogP contribution in [0, 0.1) is 11.3 Å². The lowest BCUT2D eigenvalue weighted by molar-refractivity contribution is -0.112. The van der Waals surface area contributed by atoms with E-state index < -0.39 is 5.91 Å². The summed E-state index contributed by atoms with van der Waals surface area (Å²) in [4.78, 5) is 17.0. The molecule has 1 heterocycles. The number of nitrogens with zero attached hydrogens (tertiary/aromatic N) is 2. The first kappa shape index (κ1) is 21.8. The molecule has 0 atom stereocenters. The first-order valence-electron chi connectivity index (χ1n) is 10.0. The fourth-order valence-electron chi connectivity index (χ4n) is 2.96. The summed E-state index contributed by atoms with van der Waals surface area (Å²) in [5.74, 6) is 1.67. The number of rotatable bonds is 7. The fourth-order valence-corrected chi connectivity index (χ4v) is 3.68. The van der Waals surface area contributed by atoms with Crippen molar-refractivity contribution >= 4 is 28.5 Å². The van der Waals surface area contributed by atoms with Crippen molar-refractivity contribution in [1.82, 2.24) is 4.98 Å². The van der Waals surface area contributed by atoms with Gasteiger partial charge < -0.3 is 9.47 Å². The standard InChI is InChI=1S/C26H19N3O3S/c1-31-21-11-7-18(8-12-21)15-20(16-27)25(30)29-26-28-24(17-33-26)19-9-13-23(14-10-19)32-22-5-3-2-4-6-22/h2-15,17H,1H3,(H,28,29,30). The van der Waals surface area contributed by atoms with E-state index in [2.05, 4.69) is 10.3 Å². The molecule has 0 fully saturated rings. The smallest absolute Gasteiger partial charge is 0.268 e. The summed E-state index contributed by atoms with van der Waals surface area (Å²) >= 11 is 1.29.